The third-order valence-corrected chi connectivity index (χ3v) is 3.43. The molecule has 0 aliphatic heterocycles. The molecule has 0 saturated carbocycles. The van der Waals surface area contributed by atoms with Crippen LogP contribution in [0.3, 0.4) is 0 Å². The Bertz CT molecular complexity index is 682. The number of nitrogens with zero attached hydrogens (tertiary/aromatic N) is 3. The molecule has 0 aliphatic carbocycles. The van der Waals surface area contributed by atoms with Crippen molar-refractivity contribution in [1.29, 1.82) is 0 Å². The van der Waals surface area contributed by atoms with Gasteiger partial charge < -0.3 is 5.32 Å². The fraction of sp³-hybridized carbons (Fsp3) is 0.286. The van der Waals surface area contributed by atoms with Gasteiger partial charge in [0.1, 0.15) is 6.54 Å². The van der Waals surface area contributed by atoms with Gasteiger partial charge in [-0.15, -0.1) is 11.8 Å². The fourth-order valence-corrected chi connectivity index (χ4v) is 2.12. The van der Waals surface area contributed by atoms with Crippen molar-refractivity contribution in [3.8, 4) is 11.3 Å². The van der Waals surface area contributed by atoms with Crippen LogP contribution in [0.2, 0.25) is 0 Å². The average Bonchev–Trinajstić information content (AvgIpc) is 2.50. The van der Waals surface area contributed by atoms with Crippen LogP contribution < -0.4 is 10.9 Å². The number of rotatable bonds is 5. The first-order valence-corrected chi connectivity index (χ1v) is 7.71. The molecule has 0 spiro atoms. The second-order valence-corrected chi connectivity index (χ2v) is 5.08. The van der Waals surface area contributed by atoms with E-state index in [0.29, 0.717) is 12.2 Å². The predicted molar refractivity (Wildman–Crippen MR) is 82.2 cm³/mol. The molecule has 0 unspecified atom stereocenters. The van der Waals surface area contributed by atoms with Crippen molar-refractivity contribution >= 4 is 17.7 Å². The maximum Gasteiger partial charge on any atom is 0.267 e. The molecule has 0 bridgehead atoms. The van der Waals surface area contributed by atoms with Gasteiger partial charge in [-0.1, -0.05) is 0 Å². The van der Waals surface area contributed by atoms with Gasteiger partial charge in [-0.2, -0.15) is 5.10 Å². The van der Waals surface area contributed by atoms with Crippen LogP contribution in [0.4, 0.5) is 0 Å². The number of carbonyl (C=O) groups excluding carboxylic acids is 1. The minimum absolute atomic E-state index is 0.0865. The standard InChI is InChI=1S/C14H16N4O2S/c1-3-15-12(19)9-18-14(20)7-5-11(17-18)10-4-6-13(21-2)16-8-10/h4-8H,3,9H2,1-2H3,(H,15,19). The van der Waals surface area contributed by atoms with Crippen LogP contribution in [-0.4, -0.2) is 33.5 Å². The van der Waals surface area contributed by atoms with Crippen molar-refractivity contribution < 1.29 is 4.79 Å². The molecule has 6 nitrogen and oxygen atoms in total. The minimum Gasteiger partial charge on any atom is -0.355 e. The van der Waals surface area contributed by atoms with Gasteiger partial charge in [-0.25, -0.2) is 9.67 Å². The number of likely N-dealkylation sites (N-methyl/N-ethyl adjacent to an activating group) is 1. The van der Waals surface area contributed by atoms with E-state index in [2.05, 4.69) is 15.4 Å². The molecule has 21 heavy (non-hydrogen) atoms. The molecule has 0 saturated heterocycles. The van der Waals surface area contributed by atoms with Gasteiger partial charge in [0.25, 0.3) is 5.56 Å². The van der Waals surface area contributed by atoms with Crippen molar-refractivity contribution in [2.75, 3.05) is 12.8 Å². The van der Waals surface area contributed by atoms with E-state index in [1.165, 1.54) is 6.07 Å². The monoisotopic (exact) mass is 304 g/mol. The molecule has 0 atom stereocenters. The molecule has 0 aliphatic rings. The zero-order chi connectivity index (χ0) is 15.2. The van der Waals surface area contributed by atoms with Gasteiger partial charge in [0.05, 0.1) is 10.7 Å². The average molecular weight is 304 g/mol. The van der Waals surface area contributed by atoms with Crippen LogP contribution in [0.25, 0.3) is 11.3 Å². The number of carbonyl (C=O) groups is 1. The van der Waals surface area contributed by atoms with E-state index in [1.807, 2.05) is 25.3 Å². The van der Waals surface area contributed by atoms with E-state index in [1.54, 1.807) is 24.0 Å². The lowest BCUT2D eigenvalue weighted by molar-refractivity contribution is -0.121. The van der Waals surface area contributed by atoms with Crippen LogP contribution in [-0.2, 0) is 11.3 Å². The molecule has 2 aromatic rings. The summed E-state index contributed by atoms with van der Waals surface area (Å²) in [5.74, 6) is -0.236. The summed E-state index contributed by atoms with van der Waals surface area (Å²) in [7, 11) is 0. The van der Waals surface area contributed by atoms with Crippen molar-refractivity contribution in [1.82, 2.24) is 20.1 Å². The van der Waals surface area contributed by atoms with Crippen molar-refractivity contribution in [3.05, 3.63) is 40.8 Å². The predicted octanol–water partition coefficient (Wildman–Crippen LogP) is 1.16. The van der Waals surface area contributed by atoms with Crippen LogP contribution in [0.1, 0.15) is 6.92 Å². The normalized spacial score (nSPS) is 10.4. The summed E-state index contributed by atoms with van der Waals surface area (Å²) in [5.41, 5.74) is 1.11. The van der Waals surface area contributed by atoms with Gasteiger partial charge in [-0.3, -0.25) is 9.59 Å². The number of nitrogens with one attached hydrogen (secondary N) is 1. The first kappa shape index (κ1) is 15.2. The van der Waals surface area contributed by atoms with Gasteiger partial charge in [0, 0.05) is 24.4 Å². The molecule has 7 heteroatoms. The maximum absolute atomic E-state index is 11.7. The van der Waals surface area contributed by atoms with Crippen LogP contribution in [0.15, 0.2) is 40.3 Å². The van der Waals surface area contributed by atoms with E-state index in [9.17, 15) is 9.59 Å². The molecule has 110 valence electrons. The second kappa shape index (κ2) is 7.03. The Balaban J connectivity index is 2.28. The maximum atomic E-state index is 11.7. The topological polar surface area (TPSA) is 76.9 Å². The number of thioether (sulfide) groups is 1. The van der Waals surface area contributed by atoms with Crippen molar-refractivity contribution in [3.63, 3.8) is 0 Å². The Labute approximate surface area is 126 Å². The van der Waals surface area contributed by atoms with Crippen LogP contribution >= 0.6 is 11.8 Å². The lowest BCUT2D eigenvalue weighted by Gasteiger charge is -2.07. The third kappa shape index (κ3) is 3.91. The molecule has 1 N–H and O–H groups in total. The molecular weight excluding hydrogens is 288 g/mol. The van der Waals surface area contributed by atoms with Gasteiger partial charge in [0.15, 0.2) is 0 Å². The van der Waals surface area contributed by atoms with E-state index >= 15 is 0 Å². The summed E-state index contributed by atoms with van der Waals surface area (Å²) >= 11 is 1.55. The molecule has 0 radical (unpaired) electrons. The molecule has 0 aromatic carbocycles. The van der Waals surface area contributed by atoms with Gasteiger partial charge in [0.2, 0.25) is 5.91 Å². The van der Waals surface area contributed by atoms with Gasteiger partial charge in [-0.05, 0) is 31.4 Å². The fourth-order valence-electron chi connectivity index (χ4n) is 1.76. The number of hydrogen-bond acceptors (Lipinski definition) is 5. The first-order valence-electron chi connectivity index (χ1n) is 6.49. The molecule has 2 rings (SSSR count). The number of pyridine rings is 1. The summed E-state index contributed by atoms with van der Waals surface area (Å²) in [6, 6.07) is 6.82. The SMILES string of the molecule is CCNC(=O)Cn1nc(-c2ccc(SC)nc2)ccc1=O. The molecular formula is C14H16N4O2S. The summed E-state index contributed by atoms with van der Waals surface area (Å²) < 4.78 is 1.16. The van der Waals surface area contributed by atoms with E-state index < -0.39 is 0 Å². The highest BCUT2D eigenvalue weighted by atomic mass is 32.2. The molecule has 0 fully saturated rings. The molecule has 1 amide bonds. The van der Waals surface area contributed by atoms with Crippen molar-refractivity contribution in [2.24, 2.45) is 0 Å². The van der Waals surface area contributed by atoms with E-state index in [4.69, 9.17) is 0 Å². The Morgan fingerprint density at radius 1 is 1.33 bits per heavy atom. The van der Waals surface area contributed by atoms with Gasteiger partial charge >= 0.3 is 0 Å². The Kier molecular flexibility index (Phi) is 5.10. The summed E-state index contributed by atoms with van der Waals surface area (Å²) in [4.78, 5) is 27.6. The summed E-state index contributed by atoms with van der Waals surface area (Å²) in [5, 5.41) is 7.77. The first-order chi connectivity index (χ1) is 10.1. The lowest BCUT2D eigenvalue weighted by atomic mass is 10.2. The third-order valence-electron chi connectivity index (χ3n) is 2.78. The van der Waals surface area contributed by atoms with Crippen LogP contribution in [0, 0.1) is 0 Å². The zero-order valence-corrected chi connectivity index (χ0v) is 12.7. The number of hydrogen-bond donors (Lipinski definition) is 1. The number of aromatic nitrogens is 3. The minimum atomic E-state index is -0.307. The smallest absolute Gasteiger partial charge is 0.267 e. The molecule has 2 aromatic heterocycles. The quantitative estimate of drug-likeness (QED) is 0.839. The van der Waals surface area contributed by atoms with E-state index in [0.717, 1.165) is 15.3 Å². The highest BCUT2D eigenvalue weighted by Gasteiger charge is 2.07. The Hall–Kier alpha value is -2.15. The zero-order valence-electron chi connectivity index (χ0n) is 11.9. The highest BCUT2D eigenvalue weighted by molar-refractivity contribution is 7.98. The Morgan fingerprint density at radius 2 is 2.14 bits per heavy atom. The number of amides is 1. The Morgan fingerprint density at radius 3 is 2.76 bits per heavy atom. The van der Waals surface area contributed by atoms with Crippen LogP contribution in [0.5, 0.6) is 0 Å². The lowest BCUT2D eigenvalue weighted by Crippen LogP contribution is -2.33. The summed E-state index contributed by atoms with van der Waals surface area (Å²) in [6.45, 7) is 2.26. The molecule has 2 heterocycles. The largest absolute Gasteiger partial charge is 0.355 e. The van der Waals surface area contributed by atoms with E-state index in [-0.39, 0.29) is 18.0 Å². The highest BCUT2D eigenvalue weighted by Crippen LogP contribution is 2.17. The second-order valence-electron chi connectivity index (χ2n) is 4.26. The van der Waals surface area contributed by atoms with Crippen molar-refractivity contribution in [2.45, 2.75) is 18.5 Å². The summed E-state index contributed by atoms with van der Waals surface area (Å²) in [6.07, 6.45) is 3.65.